The third kappa shape index (κ3) is 2.55. The molecule has 1 atom stereocenters. The van der Waals surface area contributed by atoms with E-state index in [1.807, 2.05) is 6.07 Å². The first-order chi connectivity index (χ1) is 9.99. The van der Waals surface area contributed by atoms with Crippen LogP contribution < -0.4 is 4.74 Å². The minimum atomic E-state index is -0.936. The maximum absolute atomic E-state index is 14.3. The number of hydrogen-bond acceptors (Lipinski definition) is 1. The summed E-state index contributed by atoms with van der Waals surface area (Å²) in [6, 6.07) is 6.34. The third-order valence-electron chi connectivity index (χ3n) is 3.62. The highest BCUT2D eigenvalue weighted by Gasteiger charge is 2.27. The topological polar surface area (TPSA) is 9.23 Å². The second-order valence-corrected chi connectivity index (χ2v) is 6.39. The van der Waals surface area contributed by atoms with Gasteiger partial charge < -0.3 is 4.74 Å². The van der Waals surface area contributed by atoms with E-state index in [0.29, 0.717) is 23.5 Å². The van der Waals surface area contributed by atoms with Gasteiger partial charge in [-0.2, -0.15) is 0 Å². The highest BCUT2D eigenvalue weighted by Crippen LogP contribution is 2.43. The molecule has 0 aliphatic carbocycles. The SMILES string of the molecule is Cc1ccc(F)c(C(Cl)c2cc(Br)cc3c2OCC3)c1F. The number of aryl methyl sites for hydroxylation is 1. The molecule has 1 aliphatic heterocycles. The molecule has 0 bridgehead atoms. The van der Waals surface area contributed by atoms with Crippen LogP contribution in [0.4, 0.5) is 8.78 Å². The predicted molar refractivity (Wildman–Crippen MR) is 82.1 cm³/mol. The Bertz CT molecular complexity index is 718. The Hall–Kier alpha value is -1.13. The van der Waals surface area contributed by atoms with Gasteiger partial charge in [0.15, 0.2) is 0 Å². The van der Waals surface area contributed by atoms with Gasteiger partial charge in [-0.15, -0.1) is 11.6 Å². The molecule has 0 radical (unpaired) electrons. The lowest BCUT2D eigenvalue weighted by Gasteiger charge is -2.17. The van der Waals surface area contributed by atoms with E-state index < -0.39 is 17.0 Å². The summed E-state index contributed by atoms with van der Waals surface area (Å²) in [6.07, 6.45) is 0.768. The second-order valence-electron chi connectivity index (χ2n) is 5.04. The van der Waals surface area contributed by atoms with Gasteiger partial charge in [0.2, 0.25) is 0 Å². The van der Waals surface area contributed by atoms with Crippen molar-refractivity contribution < 1.29 is 13.5 Å². The molecule has 0 saturated carbocycles. The molecule has 3 rings (SSSR count). The first-order valence-electron chi connectivity index (χ1n) is 6.52. The fraction of sp³-hybridized carbons (Fsp3) is 0.250. The van der Waals surface area contributed by atoms with Crippen LogP contribution in [0.3, 0.4) is 0 Å². The number of alkyl halides is 1. The summed E-state index contributed by atoms with van der Waals surface area (Å²) in [7, 11) is 0. The molecule has 0 N–H and O–H groups in total. The van der Waals surface area contributed by atoms with E-state index in [4.69, 9.17) is 16.3 Å². The maximum atomic E-state index is 14.3. The molecule has 0 fully saturated rings. The molecule has 0 spiro atoms. The third-order valence-corrected chi connectivity index (χ3v) is 4.53. The van der Waals surface area contributed by atoms with Gasteiger partial charge in [-0.1, -0.05) is 22.0 Å². The molecule has 1 aliphatic rings. The first-order valence-corrected chi connectivity index (χ1v) is 7.75. The van der Waals surface area contributed by atoms with E-state index >= 15 is 0 Å². The molecule has 0 saturated heterocycles. The van der Waals surface area contributed by atoms with Crippen molar-refractivity contribution in [1.29, 1.82) is 0 Å². The van der Waals surface area contributed by atoms with Crippen molar-refractivity contribution in [3.05, 3.63) is 62.6 Å². The molecule has 1 nitrogen and oxygen atoms in total. The number of rotatable bonds is 2. The van der Waals surface area contributed by atoms with E-state index in [1.165, 1.54) is 12.1 Å². The van der Waals surface area contributed by atoms with Crippen LogP contribution >= 0.6 is 27.5 Å². The smallest absolute Gasteiger partial charge is 0.134 e. The minimum absolute atomic E-state index is 0.132. The summed E-state index contributed by atoms with van der Waals surface area (Å²) in [5.74, 6) is -0.620. The lowest BCUT2D eigenvalue weighted by Crippen LogP contribution is -2.04. The van der Waals surface area contributed by atoms with E-state index in [0.717, 1.165) is 16.5 Å². The molecule has 0 amide bonds. The first kappa shape index (κ1) is 14.8. The molecule has 5 heteroatoms. The van der Waals surface area contributed by atoms with Gasteiger partial charge >= 0.3 is 0 Å². The molecule has 2 aromatic rings. The van der Waals surface area contributed by atoms with Crippen molar-refractivity contribution >= 4 is 27.5 Å². The lowest BCUT2D eigenvalue weighted by atomic mass is 9.98. The normalized spacial score (nSPS) is 14.7. The number of halogens is 4. The Morgan fingerprint density at radius 1 is 1.29 bits per heavy atom. The van der Waals surface area contributed by atoms with Crippen molar-refractivity contribution in [2.24, 2.45) is 0 Å². The molecule has 1 heterocycles. The van der Waals surface area contributed by atoms with E-state index in [2.05, 4.69) is 15.9 Å². The van der Waals surface area contributed by atoms with Crippen LogP contribution in [0.15, 0.2) is 28.7 Å². The Labute approximate surface area is 135 Å². The number of benzene rings is 2. The zero-order chi connectivity index (χ0) is 15.1. The number of ether oxygens (including phenoxy) is 1. The summed E-state index contributed by atoms with van der Waals surface area (Å²) in [6.45, 7) is 2.14. The molecular weight excluding hydrogens is 362 g/mol. The molecule has 2 aromatic carbocycles. The Kier molecular flexibility index (Phi) is 3.93. The molecule has 1 unspecified atom stereocenters. The van der Waals surface area contributed by atoms with Crippen molar-refractivity contribution in [2.45, 2.75) is 18.7 Å². The molecular formula is C16H12BrClF2O. The fourth-order valence-electron chi connectivity index (χ4n) is 2.55. The maximum Gasteiger partial charge on any atom is 0.134 e. The van der Waals surface area contributed by atoms with Crippen LogP contribution in [-0.4, -0.2) is 6.61 Å². The summed E-state index contributed by atoms with van der Waals surface area (Å²) in [5.41, 5.74) is 1.82. The van der Waals surface area contributed by atoms with Crippen LogP contribution in [-0.2, 0) is 6.42 Å². The standard InChI is InChI=1S/C16H12BrClF2O/c1-8-2-3-12(19)13(15(8)20)14(18)11-7-10(17)6-9-4-5-21-16(9)11/h2-3,6-7,14H,4-5H2,1H3. The van der Waals surface area contributed by atoms with Crippen LogP contribution in [0.2, 0.25) is 0 Å². The van der Waals surface area contributed by atoms with Gasteiger partial charge in [0.1, 0.15) is 17.4 Å². The van der Waals surface area contributed by atoms with Gasteiger partial charge in [-0.25, -0.2) is 8.78 Å². The number of fused-ring (bicyclic) bond motifs is 1. The summed E-state index contributed by atoms with van der Waals surface area (Å²) < 4.78 is 34.7. The van der Waals surface area contributed by atoms with Gasteiger partial charge in [0, 0.05) is 22.0 Å². The van der Waals surface area contributed by atoms with E-state index in [-0.39, 0.29) is 5.56 Å². The second kappa shape index (κ2) is 5.58. The molecule has 0 aromatic heterocycles. The lowest BCUT2D eigenvalue weighted by molar-refractivity contribution is 0.353. The van der Waals surface area contributed by atoms with Gasteiger partial charge in [0.05, 0.1) is 12.0 Å². The zero-order valence-electron chi connectivity index (χ0n) is 11.2. The van der Waals surface area contributed by atoms with Gasteiger partial charge in [-0.3, -0.25) is 0 Å². The summed E-state index contributed by atoms with van der Waals surface area (Å²) in [5, 5.41) is -0.936. The zero-order valence-corrected chi connectivity index (χ0v) is 13.6. The minimum Gasteiger partial charge on any atom is -0.493 e. The predicted octanol–water partition coefficient (Wildman–Crippen LogP) is 5.30. The Morgan fingerprint density at radius 2 is 2.05 bits per heavy atom. The van der Waals surface area contributed by atoms with Crippen LogP contribution in [0.25, 0.3) is 0 Å². The molecule has 21 heavy (non-hydrogen) atoms. The van der Waals surface area contributed by atoms with Crippen molar-refractivity contribution in [1.82, 2.24) is 0 Å². The molecule has 110 valence electrons. The number of hydrogen-bond donors (Lipinski definition) is 0. The van der Waals surface area contributed by atoms with Crippen LogP contribution in [0.1, 0.15) is 27.6 Å². The quantitative estimate of drug-likeness (QED) is 0.649. The summed E-state index contributed by atoms with van der Waals surface area (Å²) in [4.78, 5) is 0. The average molecular weight is 374 g/mol. The van der Waals surface area contributed by atoms with Crippen LogP contribution in [0, 0.1) is 18.6 Å². The van der Waals surface area contributed by atoms with Gasteiger partial charge in [0.25, 0.3) is 0 Å². The highest BCUT2D eigenvalue weighted by atomic mass is 79.9. The van der Waals surface area contributed by atoms with Crippen LogP contribution in [0.5, 0.6) is 5.75 Å². The Balaban J connectivity index is 2.16. The van der Waals surface area contributed by atoms with E-state index in [9.17, 15) is 8.78 Å². The Morgan fingerprint density at radius 3 is 2.81 bits per heavy atom. The van der Waals surface area contributed by atoms with Gasteiger partial charge in [-0.05, 0) is 36.2 Å². The van der Waals surface area contributed by atoms with Crippen molar-refractivity contribution in [3.8, 4) is 5.75 Å². The average Bonchev–Trinajstić information content (AvgIpc) is 2.90. The van der Waals surface area contributed by atoms with Crippen molar-refractivity contribution in [3.63, 3.8) is 0 Å². The monoisotopic (exact) mass is 372 g/mol. The largest absolute Gasteiger partial charge is 0.493 e. The van der Waals surface area contributed by atoms with E-state index in [1.54, 1.807) is 13.0 Å². The van der Waals surface area contributed by atoms with Crippen molar-refractivity contribution in [2.75, 3.05) is 6.61 Å². The summed E-state index contributed by atoms with van der Waals surface area (Å²) >= 11 is 9.80. The fourth-order valence-corrected chi connectivity index (χ4v) is 3.44. The highest BCUT2D eigenvalue weighted by molar-refractivity contribution is 9.10.